The quantitative estimate of drug-likeness (QED) is 0.880. The second-order valence-electron chi connectivity index (χ2n) is 5.52. The highest BCUT2D eigenvalue weighted by atomic mass is 16.6. The van der Waals surface area contributed by atoms with Gasteiger partial charge in [-0.3, -0.25) is 0 Å². The molecule has 1 aliphatic rings. The Morgan fingerprint density at radius 3 is 2.74 bits per heavy atom. The van der Waals surface area contributed by atoms with Crippen LogP contribution in [0.2, 0.25) is 0 Å². The normalized spacial score (nSPS) is 15.8. The number of aromatic nitrogens is 1. The van der Waals surface area contributed by atoms with Gasteiger partial charge in [-0.15, -0.1) is 0 Å². The number of nitrogens with two attached hydrogens (primary N) is 1. The van der Waals surface area contributed by atoms with Crippen molar-refractivity contribution in [1.82, 2.24) is 9.88 Å². The number of hydrogen-bond donors (Lipinski definition) is 1. The molecule has 1 aliphatic heterocycles. The highest BCUT2D eigenvalue weighted by Crippen LogP contribution is 2.22. The molecule has 0 radical (unpaired) electrons. The average molecular weight is 265 g/mol. The smallest absolute Gasteiger partial charge is 0.410 e. The third-order valence-electron chi connectivity index (χ3n) is 2.58. The van der Waals surface area contributed by atoms with Crippen molar-refractivity contribution in [3.05, 3.63) is 18.3 Å². The predicted octanol–water partition coefficient (Wildman–Crippen LogP) is 1.66. The zero-order chi connectivity index (χ0) is 14.0. The number of ether oxygens (including phenoxy) is 2. The fourth-order valence-corrected chi connectivity index (χ4v) is 1.65. The largest absolute Gasteiger partial charge is 0.469 e. The van der Waals surface area contributed by atoms with Gasteiger partial charge in [-0.1, -0.05) is 0 Å². The number of nitrogens with zero attached hydrogens (tertiary/aromatic N) is 2. The molecular weight excluding hydrogens is 246 g/mol. The number of carbonyl (C=O) groups is 1. The van der Waals surface area contributed by atoms with E-state index in [0.29, 0.717) is 24.7 Å². The van der Waals surface area contributed by atoms with Crippen molar-refractivity contribution < 1.29 is 14.3 Å². The van der Waals surface area contributed by atoms with Crippen molar-refractivity contribution in [2.24, 2.45) is 0 Å². The van der Waals surface area contributed by atoms with Crippen molar-refractivity contribution in [2.45, 2.75) is 32.5 Å². The molecule has 0 aliphatic carbocycles. The molecule has 2 heterocycles. The van der Waals surface area contributed by atoms with Crippen LogP contribution >= 0.6 is 0 Å². The SMILES string of the molecule is CC(C)(C)OC(=O)N1CC(Oc2ncccc2N)C1. The van der Waals surface area contributed by atoms with Crippen LogP contribution in [-0.2, 0) is 4.74 Å². The molecule has 104 valence electrons. The summed E-state index contributed by atoms with van der Waals surface area (Å²) < 4.78 is 10.9. The molecule has 6 nitrogen and oxygen atoms in total. The lowest BCUT2D eigenvalue weighted by atomic mass is 10.2. The van der Waals surface area contributed by atoms with Gasteiger partial charge in [-0.05, 0) is 32.9 Å². The van der Waals surface area contributed by atoms with E-state index in [1.807, 2.05) is 20.8 Å². The molecule has 0 unspecified atom stereocenters. The number of likely N-dealkylation sites (tertiary alicyclic amines) is 1. The summed E-state index contributed by atoms with van der Waals surface area (Å²) >= 11 is 0. The number of pyridine rings is 1. The standard InChI is InChI=1S/C13H19N3O3/c1-13(2,3)19-12(17)16-7-9(8-16)18-11-10(14)5-4-6-15-11/h4-6,9H,7-8,14H2,1-3H3. The number of anilines is 1. The van der Waals surface area contributed by atoms with Gasteiger partial charge in [0.1, 0.15) is 11.7 Å². The second-order valence-corrected chi connectivity index (χ2v) is 5.52. The van der Waals surface area contributed by atoms with Crippen molar-refractivity contribution in [2.75, 3.05) is 18.8 Å². The number of carbonyl (C=O) groups excluding carboxylic acids is 1. The molecule has 6 heteroatoms. The third kappa shape index (κ3) is 3.49. The lowest BCUT2D eigenvalue weighted by Gasteiger charge is -2.39. The first-order valence-corrected chi connectivity index (χ1v) is 6.20. The molecule has 2 rings (SSSR count). The lowest BCUT2D eigenvalue weighted by molar-refractivity contribution is -0.0230. The maximum atomic E-state index is 11.7. The summed E-state index contributed by atoms with van der Waals surface area (Å²) in [6.07, 6.45) is 1.22. The number of hydrogen-bond acceptors (Lipinski definition) is 5. The van der Waals surface area contributed by atoms with Gasteiger partial charge in [-0.2, -0.15) is 0 Å². The molecule has 0 atom stereocenters. The van der Waals surface area contributed by atoms with E-state index in [1.54, 1.807) is 23.2 Å². The van der Waals surface area contributed by atoms with E-state index in [4.69, 9.17) is 15.2 Å². The van der Waals surface area contributed by atoms with Gasteiger partial charge in [-0.25, -0.2) is 9.78 Å². The van der Waals surface area contributed by atoms with Crippen molar-refractivity contribution in [1.29, 1.82) is 0 Å². The lowest BCUT2D eigenvalue weighted by Crippen LogP contribution is -2.57. The summed E-state index contributed by atoms with van der Waals surface area (Å²) in [6, 6.07) is 3.47. The zero-order valence-corrected chi connectivity index (χ0v) is 11.4. The van der Waals surface area contributed by atoms with Gasteiger partial charge in [0.25, 0.3) is 0 Å². The number of rotatable bonds is 2. The molecule has 1 aromatic rings. The Bertz CT molecular complexity index is 464. The van der Waals surface area contributed by atoms with Gasteiger partial charge in [0.2, 0.25) is 5.88 Å². The monoisotopic (exact) mass is 265 g/mol. The van der Waals surface area contributed by atoms with Crippen LogP contribution in [0.5, 0.6) is 5.88 Å². The fraction of sp³-hybridized carbons (Fsp3) is 0.538. The topological polar surface area (TPSA) is 77.7 Å². The van der Waals surface area contributed by atoms with Crippen LogP contribution in [0.4, 0.5) is 10.5 Å². The Morgan fingerprint density at radius 2 is 2.16 bits per heavy atom. The molecular formula is C13H19N3O3. The van der Waals surface area contributed by atoms with Crippen LogP contribution in [0.15, 0.2) is 18.3 Å². The summed E-state index contributed by atoms with van der Waals surface area (Å²) in [7, 11) is 0. The minimum atomic E-state index is -0.478. The maximum Gasteiger partial charge on any atom is 0.410 e. The molecule has 1 fully saturated rings. The second kappa shape index (κ2) is 4.95. The summed E-state index contributed by atoms with van der Waals surface area (Å²) in [4.78, 5) is 17.4. The van der Waals surface area contributed by atoms with Crippen LogP contribution in [0.3, 0.4) is 0 Å². The van der Waals surface area contributed by atoms with Gasteiger partial charge < -0.3 is 20.1 Å². The molecule has 0 aromatic carbocycles. The van der Waals surface area contributed by atoms with E-state index in [-0.39, 0.29) is 12.2 Å². The van der Waals surface area contributed by atoms with Crippen LogP contribution in [0, 0.1) is 0 Å². The molecule has 0 bridgehead atoms. The van der Waals surface area contributed by atoms with Crippen molar-refractivity contribution >= 4 is 11.8 Å². The first-order valence-electron chi connectivity index (χ1n) is 6.20. The summed E-state index contributed by atoms with van der Waals surface area (Å²) in [5.41, 5.74) is 5.75. The Morgan fingerprint density at radius 1 is 1.47 bits per heavy atom. The Labute approximate surface area is 112 Å². The Kier molecular flexibility index (Phi) is 3.50. The summed E-state index contributed by atoms with van der Waals surface area (Å²) in [5.74, 6) is 0.413. The maximum absolute atomic E-state index is 11.7. The average Bonchev–Trinajstić information content (AvgIpc) is 2.22. The first kappa shape index (κ1) is 13.5. The van der Waals surface area contributed by atoms with E-state index in [0.717, 1.165) is 0 Å². The molecule has 1 amide bonds. The van der Waals surface area contributed by atoms with Gasteiger partial charge >= 0.3 is 6.09 Å². The molecule has 0 saturated carbocycles. The van der Waals surface area contributed by atoms with Gasteiger partial charge in [0, 0.05) is 6.20 Å². The third-order valence-corrected chi connectivity index (χ3v) is 2.58. The first-order chi connectivity index (χ1) is 8.85. The van der Waals surface area contributed by atoms with E-state index < -0.39 is 5.60 Å². The van der Waals surface area contributed by atoms with Crippen molar-refractivity contribution in [3.8, 4) is 5.88 Å². The van der Waals surface area contributed by atoms with E-state index in [9.17, 15) is 4.79 Å². The molecule has 1 aromatic heterocycles. The zero-order valence-electron chi connectivity index (χ0n) is 11.4. The van der Waals surface area contributed by atoms with Crippen LogP contribution in [0.1, 0.15) is 20.8 Å². The highest BCUT2D eigenvalue weighted by Gasteiger charge is 2.35. The Hall–Kier alpha value is -1.98. The van der Waals surface area contributed by atoms with Gasteiger partial charge in [0.15, 0.2) is 0 Å². The number of nitrogen functional groups attached to an aromatic ring is 1. The molecule has 1 saturated heterocycles. The van der Waals surface area contributed by atoms with Crippen LogP contribution in [-0.4, -0.2) is 40.8 Å². The van der Waals surface area contributed by atoms with E-state index >= 15 is 0 Å². The van der Waals surface area contributed by atoms with Gasteiger partial charge in [0.05, 0.1) is 18.8 Å². The van der Waals surface area contributed by atoms with E-state index in [2.05, 4.69) is 4.98 Å². The van der Waals surface area contributed by atoms with Crippen molar-refractivity contribution in [3.63, 3.8) is 0 Å². The molecule has 0 spiro atoms. The summed E-state index contributed by atoms with van der Waals surface area (Å²) in [5, 5.41) is 0. The highest BCUT2D eigenvalue weighted by molar-refractivity contribution is 5.69. The minimum Gasteiger partial charge on any atom is -0.469 e. The molecule has 2 N–H and O–H groups in total. The van der Waals surface area contributed by atoms with Crippen LogP contribution < -0.4 is 10.5 Å². The summed E-state index contributed by atoms with van der Waals surface area (Å²) in [6.45, 7) is 6.50. The Balaban J connectivity index is 1.81. The minimum absolute atomic E-state index is 0.0790. The molecule has 19 heavy (non-hydrogen) atoms. The number of amides is 1. The van der Waals surface area contributed by atoms with Crippen LogP contribution in [0.25, 0.3) is 0 Å². The predicted molar refractivity (Wildman–Crippen MR) is 70.9 cm³/mol. The van der Waals surface area contributed by atoms with E-state index in [1.165, 1.54) is 0 Å². The fourth-order valence-electron chi connectivity index (χ4n) is 1.65.